The van der Waals surface area contributed by atoms with E-state index in [1.54, 1.807) is 0 Å². The van der Waals surface area contributed by atoms with Crippen molar-refractivity contribution in [3.8, 4) is 0 Å². The van der Waals surface area contributed by atoms with Crippen LogP contribution in [0.3, 0.4) is 0 Å². The quantitative estimate of drug-likeness (QED) is 0.612. The van der Waals surface area contributed by atoms with E-state index < -0.39 is 5.60 Å². The molecular weight excluding hydrogens is 198 g/mol. The van der Waals surface area contributed by atoms with Crippen molar-refractivity contribution in [1.29, 1.82) is 0 Å². The van der Waals surface area contributed by atoms with Crippen LogP contribution in [-0.4, -0.2) is 46.5 Å². The fraction of sp³-hybridized carbons (Fsp3) is 1.00. The predicted molar refractivity (Wildman–Crippen MR) is 60.7 cm³/mol. The first-order valence-electron chi connectivity index (χ1n) is 5.31. The summed E-state index contributed by atoms with van der Waals surface area (Å²) in [5, 5.41) is 22.0. The molecule has 0 spiro atoms. The lowest BCUT2D eigenvalue weighted by Gasteiger charge is -2.24. The van der Waals surface area contributed by atoms with Crippen molar-refractivity contribution in [1.82, 2.24) is 5.32 Å². The summed E-state index contributed by atoms with van der Waals surface area (Å²) >= 11 is 1.82. The third-order valence-electron chi connectivity index (χ3n) is 2.66. The molecule has 1 rings (SSSR count). The maximum atomic E-state index is 10.0. The van der Waals surface area contributed by atoms with Gasteiger partial charge in [0.15, 0.2) is 0 Å². The molecule has 0 aromatic carbocycles. The standard InChI is InChI=1S/C10H21NO2S/c1-9(3-2-5-12)11-7-10(13)4-6-14-8-10/h9,11-13H,2-8H2,1H3. The summed E-state index contributed by atoms with van der Waals surface area (Å²) in [6, 6.07) is 0.386. The number of hydrogen-bond acceptors (Lipinski definition) is 4. The first kappa shape index (κ1) is 12.3. The van der Waals surface area contributed by atoms with E-state index in [9.17, 15) is 5.11 Å². The van der Waals surface area contributed by atoms with Gasteiger partial charge in [0.1, 0.15) is 0 Å². The first-order chi connectivity index (χ1) is 6.66. The third kappa shape index (κ3) is 4.17. The molecule has 14 heavy (non-hydrogen) atoms. The van der Waals surface area contributed by atoms with Crippen molar-refractivity contribution in [3.05, 3.63) is 0 Å². The summed E-state index contributed by atoms with van der Waals surface area (Å²) in [5.74, 6) is 1.93. The Morgan fingerprint density at radius 1 is 1.57 bits per heavy atom. The van der Waals surface area contributed by atoms with Gasteiger partial charge in [-0.3, -0.25) is 0 Å². The Kier molecular flexibility index (Phi) is 5.23. The van der Waals surface area contributed by atoms with Crippen LogP contribution in [0.25, 0.3) is 0 Å². The molecule has 1 aliphatic rings. The normalized spacial score (nSPS) is 29.4. The number of nitrogens with one attached hydrogen (secondary N) is 1. The van der Waals surface area contributed by atoms with Crippen molar-refractivity contribution in [3.63, 3.8) is 0 Å². The van der Waals surface area contributed by atoms with Crippen molar-refractivity contribution < 1.29 is 10.2 Å². The van der Waals surface area contributed by atoms with Crippen molar-refractivity contribution in [2.45, 2.75) is 37.8 Å². The molecule has 84 valence electrons. The molecule has 1 fully saturated rings. The molecule has 2 unspecified atom stereocenters. The molecule has 3 nitrogen and oxygen atoms in total. The van der Waals surface area contributed by atoms with Crippen LogP contribution < -0.4 is 5.32 Å². The zero-order valence-corrected chi connectivity index (χ0v) is 9.65. The van der Waals surface area contributed by atoms with E-state index in [-0.39, 0.29) is 6.61 Å². The summed E-state index contributed by atoms with van der Waals surface area (Å²) in [6.07, 6.45) is 2.71. The molecule has 4 heteroatoms. The molecule has 0 amide bonds. The third-order valence-corrected chi connectivity index (χ3v) is 3.89. The minimum atomic E-state index is -0.488. The molecule has 0 aromatic rings. The van der Waals surface area contributed by atoms with Crippen LogP contribution in [0.15, 0.2) is 0 Å². The lowest BCUT2D eigenvalue weighted by Crippen LogP contribution is -2.43. The van der Waals surface area contributed by atoms with Gasteiger partial charge >= 0.3 is 0 Å². The zero-order valence-electron chi connectivity index (χ0n) is 8.83. The Morgan fingerprint density at radius 2 is 2.36 bits per heavy atom. The molecule has 2 atom stereocenters. The van der Waals surface area contributed by atoms with Gasteiger partial charge in [0.25, 0.3) is 0 Å². The Morgan fingerprint density at radius 3 is 2.93 bits per heavy atom. The molecule has 1 heterocycles. The summed E-state index contributed by atoms with van der Waals surface area (Å²) in [6.45, 7) is 3.04. The second kappa shape index (κ2) is 5.95. The van der Waals surface area contributed by atoms with Crippen LogP contribution in [0.2, 0.25) is 0 Å². The first-order valence-corrected chi connectivity index (χ1v) is 6.46. The van der Waals surface area contributed by atoms with Gasteiger partial charge in [-0.05, 0) is 31.9 Å². The van der Waals surface area contributed by atoms with Crippen molar-refractivity contribution >= 4 is 11.8 Å². The summed E-state index contributed by atoms with van der Waals surface area (Å²) in [7, 11) is 0. The van der Waals surface area contributed by atoms with E-state index in [1.807, 2.05) is 11.8 Å². The molecule has 3 N–H and O–H groups in total. The minimum Gasteiger partial charge on any atom is -0.396 e. The highest BCUT2D eigenvalue weighted by Crippen LogP contribution is 2.27. The van der Waals surface area contributed by atoms with Gasteiger partial charge in [-0.1, -0.05) is 0 Å². The lowest BCUT2D eigenvalue weighted by atomic mass is 10.0. The highest BCUT2D eigenvalue weighted by molar-refractivity contribution is 7.99. The van der Waals surface area contributed by atoms with E-state index in [0.29, 0.717) is 12.6 Å². The monoisotopic (exact) mass is 219 g/mol. The van der Waals surface area contributed by atoms with Gasteiger partial charge in [-0.25, -0.2) is 0 Å². The number of aliphatic hydroxyl groups excluding tert-OH is 1. The Balaban J connectivity index is 2.12. The van der Waals surface area contributed by atoms with Gasteiger partial charge in [0.05, 0.1) is 5.60 Å². The molecule has 0 saturated carbocycles. The van der Waals surface area contributed by atoms with Crippen LogP contribution in [0.4, 0.5) is 0 Å². The van der Waals surface area contributed by atoms with Gasteiger partial charge in [-0.15, -0.1) is 0 Å². The summed E-state index contributed by atoms with van der Waals surface area (Å²) in [4.78, 5) is 0. The number of rotatable bonds is 6. The summed E-state index contributed by atoms with van der Waals surface area (Å²) < 4.78 is 0. The predicted octanol–water partition coefficient (Wildman–Crippen LogP) is 0.605. The SMILES string of the molecule is CC(CCCO)NCC1(O)CCSC1. The molecule has 1 aliphatic heterocycles. The fourth-order valence-corrected chi connectivity index (χ4v) is 2.89. The fourth-order valence-electron chi connectivity index (χ4n) is 1.60. The topological polar surface area (TPSA) is 52.5 Å². The highest BCUT2D eigenvalue weighted by atomic mass is 32.2. The van der Waals surface area contributed by atoms with Crippen LogP contribution in [-0.2, 0) is 0 Å². The largest absolute Gasteiger partial charge is 0.396 e. The minimum absolute atomic E-state index is 0.256. The molecule has 0 bridgehead atoms. The van der Waals surface area contributed by atoms with Gasteiger partial charge in [0.2, 0.25) is 0 Å². The van der Waals surface area contributed by atoms with Crippen molar-refractivity contribution in [2.24, 2.45) is 0 Å². The van der Waals surface area contributed by atoms with Crippen LogP contribution in [0, 0.1) is 0 Å². The molecule has 0 aliphatic carbocycles. The second-order valence-electron chi connectivity index (χ2n) is 4.17. The van der Waals surface area contributed by atoms with Crippen molar-refractivity contribution in [2.75, 3.05) is 24.7 Å². The average Bonchev–Trinajstić information content (AvgIpc) is 2.60. The van der Waals surface area contributed by atoms with Crippen LogP contribution in [0.5, 0.6) is 0 Å². The van der Waals surface area contributed by atoms with Crippen LogP contribution in [0.1, 0.15) is 26.2 Å². The Hall–Kier alpha value is 0.230. The maximum absolute atomic E-state index is 10.0. The number of hydrogen-bond donors (Lipinski definition) is 3. The number of aliphatic hydroxyl groups is 2. The Bertz CT molecular complexity index is 160. The van der Waals surface area contributed by atoms with Gasteiger partial charge in [0, 0.05) is 24.9 Å². The van der Waals surface area contributed by atoms with Gasteiger partial charge < -0.3 is 15.5 Å². The lowest BCUT2D eigenvalue weighted by molar-refractivity contribution is 0.0646. The smallest absolute Gasteiger partial charge is 0.0869 e. The summed E-state index contributed by atoms with van der Waals surface area (Å²) in [5.41, 5.74) is -0.488. The van der Waals surface area contributed by atoms with Gasteiger partial charge in [-0.2, -0.15) is 11.8 Å². The average molecular weight is 219 g/mol. The van der Waals surface area contributed by atoms with Crippen LogP contribution >= 0.6 is 11.8 Å². The van der Waals surface area contributed by atoms with E-state index in [0.717, 1.165) is 30.8 Å². The highest BCUT2D eigenvalue weighted by Gasteiger charge is 2.31. The van der Waals surface area contributed by atoms with E-state index >= 15 is 0 Å². The molecule has 0 aromatic heterocycles. The maximum Gasteiger partial charge on any atom is 0.0869 e. The second-order valence-corrected chi connectivity index (χ2v) is 5.28. The molecule has 0 radical (unpaired) electrons. The molecule has 1 saturated heterocycles. The van der Waals surface area contributed by atoms with E-state index in [4.69, 9.17) is 5.11 Å². The molecular formula is C10H21NO2S. The zero-order chi connectivity index (χ0) is 10.4. The Labute approximate surface area is 90.3 Å². The number of thioether (sulfide) groups is 1. The van der Waals surface area contributed by atoms with E-state index in [2.05, 4.69) is 12.2 Å². The van der Waals surface area contributed by atoms with E-state index in [1.165, 1.54) is 0 Å².